The average Bonchev–Trinajstić information content (AvgIpc) is 3.07. The van der Waals surface area contributed by atoms with Gasteiger partial charge in [0, 0.05) is 13.1 Å². The summed E-state index contributed by atoms with van der Waals surface area (Å²) in [6, 6.07) is 8.87. The molecule has 43 heavy (non-hydrogen) atoms. The molecule has 4 nitrogen and oxygen atoms in total. The summed E-state index contributed by atoms with van der Waals surface area (Å²) in [6.07, 6.45) is 34.4. The van der Waals surface area contributed by atoms with E-state index in [-0.39, 0.29) is 0 Å². The average molecular weight is 583 g/mol. The first-order valence-electron chi connectivity index (χ1n) is 17.4. The maximum absolute atomic E-state index is 3.69. The van der Waals surface area contributed by atoms with Crippen LogP contribution in [-0.4, -0.2) is 45.8 Å². The van der Waals surface area contributed by atoms with E-state index in [2.05, 4.69) is 94.1 Å². The van der Waals surface area contributed by atoms with E-state index in [1.807, 2.05) is 0 Å². The summed E-state index contributed by atoms with van der Waals surface area (Å²) in [7, 11) is 0. The lowest BCUT2D eigenvalue weighted by Crippen LogP contribution is -2.24. The summed E-state index contributed by atoms with van der Waals surface area (Å²) in [4.78, 5) is 0. The van der Waals surface area contributed by atoms with Gasteiger partial charge in [0.25, 0.3) is 0 Å². The lowest BCUT2D eigenvalue weighted by molar-refractivity contribution is 0.539. The van der Waals surface area contributed by atoms with E-state index in [0.717, 1.165) is 65.2 Å². The van der Waals surface area contributed by atoms with E-state index >= 15 is 0 Å². The Balaban J connectivity index is 0.900. The summed E-state index contributed by atoms with van der Waals surface area (Å²) in [6.45, 7) is 8.64. The number of rotatable bonds is 22. The Kier molecular flexibility index (Phi) is 16.5. The van der Waals surface area contributed by atoms with Gasteiger partial charge in [0.05, 0.1) is 0 Å². The fourth-order valence-electron chi connectivity index (χ4n) is 6.32. The van der Waals surface area contributed by atoms with Crippen LogP contribution in [0.25, 0.3) is 5.57 Å². The van der Waals surface area contributed by atoms with Crippen LogP contribution >= 0.6 is 0 Å². The number of hydrogen-bond acceptors (Lipinski definition) is 4. The van der Waals surface area contributed by atoms with Crippen molar-refractivity contribution in [2.75, 3.05) is 45.8 Å². The van der Waals surface area contributed by atoms with Crippen LogP contribution in [0.4, 0.5) is 0 Å². The molecule has 0 saturated heterocycles. The minimum absolute atomic E-state index is 0.955. The summed E-state index contributed by atoms with van der Waals surface area (Å²) >= 11 is 0. The summed E-state index contributed by atoms with van der Waals surface area (Å²) in [5.74, 6) is 0. The molecule has 4 rings (SSSR count). The van der Waals surface area contributed by atoms with Crippen LogP contribution < -0.4 is 21.3 Å². The lowest BCUT2D eigenvalue weighted by atomic mass is 9.87. The van der Waals surface area contributed by atoms with Crippen molar-refractivity contribution in [2.45, 2.75) is 90.0 Å². The molecule has 0 aliphatic heterocycles. The second kappa shape index (κ2) is 21.2. The molecule has 0 heterocycles. The van der Waals surface area contributed by atoms with Gasteiger partial charge in [0.2, 0.25) is 0 Å². The van der Waals surface area contributed by atoms with Crippen molar-refractivity contribution >= 4 is 5.57 Å². The van der Waals surface area contributed by atoms with Crippen molar-refractivity contribution in [3.63, 3.8) is 0 Å². The molecule has 0 unspecified atom stereocenters. The summed E-state index contributed by atoms with van der Waals surface area (Å²) in [5, 5.41) is 14.6. The zero-order valence-corrected chi connectivity index (χ0v) is 26.8. The Morgan fingerprint density at radius 3 is 1.79 bits per heavy atom. The van der Waals surface area contributed by atoms with Gasteiger partial charge in [0.1, 0.15) is 0 Å². The van der Waals surface area contributed by atoms with Gasteiger partial charge >= 0.3 is 0 Å². The molecule has 4 heteroatoms. The Labute approximate surface area is 263 Å². The monoisotopic (exact) mass is 582 g/mol. The highest BCUT2D eigenvalue weighted by Crippen LogP contribution is 2.30. The number of benzene rings is 1. The first kappa shape index (κ1) is 33.4. The van der Waals surface area contributed by atoms with Crippen molar-refractivity contribution in [1.29, 1.82) is 0 Å². The molecule has 0 aromatic heterocycles. The number of unbranched alkanes of at least 4 members (excludes halogenated alkanes) is 4. The van der Waals surface area contributed by atoms with E-state index in [9.17, 15) is 0 Å². The third-order valence-electron chi connectivity index (χ3n) is 8.80. The minimum Gasteiger partial charge on any atom is -0.317 e. The fraction of sp³-hybridized carbons (Fsp3) is 0.538. The molecule has 0 spiro atoms. The Bertz CT molecular complexity index is 1120. The second-order valence-corrected chi connectivity index (χ2v) is 12.2. The van der Waals surface area contributed by atoms with Gasteiger partial charge < -0.3 is 21.3 Å². The standard InChI is InChI=1S/C39H58N4/c1(2-14-26-40-28-16-30-42-32-36-22-10-12-24-38(36)34-18-6-4-7-19-34)3-15-27-41-29-17-31-43-33-37-23-11-13-25-39(37)35-20-8-5-9-21-35/h4-6,8,10-12,18,20,22-24,40-43H,1-3,7,9,13-17,19,21,25-33H2. The molecule has 0 saturated carbocycles. The molecule has 0 radical (unpaired) electrons. The smallest absolute Gasteiger partial charge is 0.0211 e. The highest BCUT2D eigenvalue weighted by Gasteiger charge is 2.13. The van der Waals surface area contributed by atoms with Crippen LogP contribution in [0, 0.1) is 0 Å². The van der Waals surface area contributed by atoms with Crippen molar-refractivity contribution in [3.05, 3.63) is 101 Å². The molecule has 234 valence electrons. The molecule has 0 fully saturated rings. The zero-order chi connectivity index (χ0) is 29.6. The first-order chi connectivity index (χ1) is 21.4. The molecule has 4 N–H and O–H groups in total. The van der Waals surface area contributed by atoms with Gasteiger partial charge in [-0.15, -0.1) is 0 Å². The Morgan fingerprint density at radius 2 is 1.09 bits per heavy atom. The fourth-order valence-corrected chi connectivity index (χ4v) is 6.32. The van der Waals surface area contributed by atoms with E-state index in [1.165, 1.54) is 92.9 Å². The highest BCUT2D eigenvalue weighted by atomic mass is 14.9. The van der Waals surface area contributed by atoms with E-state index in [0.29, 0.717) is 0 Å². The molecule has 0 amide bonds. The van der Waals surface area contributed by atoms with Crippen LogP contribution in [0.15, 0.2) is 89.6 Å². The topological polar surface area (TPSA) is 48.1 Å². The SMILES string of the molecule is C1=CCCC(C2=C(CNCCCNCCCCCCCNCCCNCc3ccccc3C3=CC=CCC3)C=CCC2)=C1. The van der Waals surface area contributed by atoms with Crippen LogP contribution in [0.2, 0.25) is 0 Å². The molecular formula is C39H58N4. The Morgan fingerprint density at radius 1 is 0.512 bits per heavy atom. The van der Waals surface area contributed by atoms with E-state index in [4.69, 9.17) is 0 Å². The van der Waals surface area contributed by atoms with Crippen LogP contribution in [-0.2, 0) is 6.54 Å². The van der Waals surface area contributed by atoms with Crippen molar-refractivity contribution in [2.24, 2.45) is 0 Å². The minimum atomic E-state index is 0.955. The number of hydrogen-bond donors (Lipinski definition) is 4. The molecule has 3 aliphatic carbocycles. The van der Waals surface area contributed by atoms with Gasteiger partial charge in [-0.1, -0.05) is 92.1 Å². The Hall–Kier alpha value is -2.50. The summed E-state index contributed by atoms with van der Waals surface area (Å²) < 4.78 is 0. The molecule has 1 aromatic rings. The third-order valence-corrected chi connectivity index (χ3v) is 8.80. The molecule has 3 aliphatic rings. The number of allylic oxidation sites excluding steroid dienone is 10. The predicted octanol–water partition coefficient (Wildman–Crippen LogP) is 7.93. The van der Waals surface area contributed by atoms with Crippen LogP contribution in [0.3, 0.4) is 0 Å². The van der Waals surface area contributed by atoms with Crippen LogP contribution in [0.1, 0.15) is 94.6 Å². The van der Waals surface area contributed by atoms with Crippen molar-refractivity contribution < 1.29 is 0 Å². The van der Waals surface area contributed by atoms with Gasteiger partial charge in [-0.05, 0) is 137 Å². The maximum Gasteiger partial charge on any atom is 0.0211 e. The highest BCUT2D eigenvalue weighted by molar-refractivity contribution is 5.70. The van der Waals surface area contributed by atoms with E-state index in [1.54, 1.807) is 11.1 Å². The maximum atomic E-state index is 3.69. The first-order valence-corrected chi connectivity index (χ1v) is 17.4. The van der Waals surface area contributed by atoms with Crippen LogP contribution in [0.5, 0.6) is 0 Å². The quantitative estimate of drug-likeness (QED) is 0.105. The molecule has 0 bridgehead atoms. The number of nitrogens with one attached hydrogen (secondary N) is 4. The third kappa shape index (κ3) is 12.9. The lowest BCUT2D eigenvalue weighted by Gasteiger charge is -2.20. The van der Waals surface area contributed by atoms with Crippen molar-refractivity contribution in [1.82, 2.24) is 21.3 Å². The van der Waals surface area contributed by atoms with Gasteiger partial charge in [-0.2, -0.15) is 0 Å². The summed E-state index contributed by atoms with van der Waals surface area (Å²) in [5.41, 5.74) is 8.98. The largest absolute Gasteiger partial charge is 0.317 e. The van der Waals surface area contributed by atoms with Gasteiger partial charge in [0.15, 0.2) is 0 Å². The normalized spacial score (nSPS) is 16.6. The molecular weight excluding hydrogens is 524 g/mol. The van der Waals surface area contributed by atoms with Gasteiger partial charge in [-0.3, -0.25) is 0 Å². The van der Waals surface area contributed by atoms with Gasteiger partial charge in [-0.25, -0.2) is 0 Å². The molecule has 1 aromatic carbocycles. The zero-order valence-electron chi connectivity index (χ0n) is 26.8. The molecule has 0 atom stereocenters. The second-order valence-electron chi connectivity index (χ2n) is 12.2. The van der Waals surface area contributed by atoms with Crippen molar-refractivity contribution in [3.8, 4) is 0 Å². The predicted molar refractivity (Wildman–Crippen MR) is 187 cm³/mol. The van der Waals surface area contributed by atoms with E-state index < -0.39 is 0 Å².